The Morgan fingerprint density at radius 2 is 2.08 bits per heavy atom. The maximum Gasteiger partial charge on any atom is 0.131 e. The molecule has 3 rings (SSSR count). The molecule has 1 aromatic carbocycles. The Balaban J connectivity index is 1.81. The highest BCUT2D eigenvalue weighted by Crippen LogP contribution is 2.36. The van der Waals surface area contributed by atoms with E-state index in [4.69, 9.17) is 0 Å². The van der Waals surface area contributed by atoms with Crippen molar-refractivity contribution in [2.75, 3.05) is 13.1 Å². The monoisotopic (exact) mass is 335 g/mol. The van der Waals surface area contributed by atoms with Crippen LogP contribution in [0.3, 0.4) is 0 Å². The molecule has 2 heterocycles. The van der Waals surface area contributed by atoms with Gasteiger partial charge in [0.25, 0.3) is 0 Å². The van der Waals surface area contributed by atoms with Crippen LogP contribution >= 0.6 is 0 Å². The van der Waals surface area contributed by atoms with Crippen LogP contribution in [0.1, 0.15) is 47.5 Å². The van der Waals surface area contributed by atoms with Crippen LogP contribution in [0, 0.1) is 25.5 Å². The van der Waals surface area contributed by atoms with Crippen molar-refractivity contribution in [2.24, 2.45) is 7.05 Å². The van der Waals surface area contributed by atoms with E-state index in [0.29, 0.717) is 6.54 Å². The number of aromatic nitrogens is 2. The average Bonchev–Trinajstić information content (AvgIpc) is 3.04. The van der Waals surface area contributed by atoms with E-state index in [1.165, 1.54) is 17.7 Å². The molecule has 1 aromatic heterocycles. The van der Waals surface area contributed by atoms with Gasteiger partial charge in [-0.2, -0.15) is 5.10 Å². The Hall–Kier alpha value is -1.79. The smallest absolute Gasteiger partial charge is 0.131 e. The minimum absolute atomic E-state index is 0.140. The molecule has 0 saturated carbocycles. The molecule has 4 nitrogen and oxygen atoms in total. The fraction of sp³-hybridized carbons (Fsp3) is 0.500. The topological polar surface area (TPSA) is 41.3 Å². The molecule has 0 amide bonds. The molecule has 0 aliphatic carbocycles. The minimum Gasteiger partial charge on any atom is -0.387 e. The lowest BCUT2D eigenvalue weighted by Gasteiger charge is -2.27. The summed E-state index contributed by atoms with van der Waals surface area (Å²) in [5, 5.41) is 14.9. The second-order valence-corrected chi connectivity index (χ2v) is 6.54. The Morgan fingerprint density at radius 3 is 2.71 bits per heavy atom. The SMILES string of the molecule is Cc1nn(C)c(C)c1[C@@H]1CCCN1C[C@H](O)c1ccc(F)cc1F. The van der Waals surface area contributed by atoms with Gasteiger partial charge in [0.2, 0.25) is 0 Å². The number of nitrogens with zero attached hydrogens (tertiary/aromatic N) is 3. The number of hydrogen-bond donors (Lipinski definition) is 1. The van der Waals surface area contributed by atoms with Gasteiger partial charge in [-0.15, -0.1) is 0 Å². The van der Waals surface area contributed by atoms with Gasteiger partial charge in [0.1, 0.15) is 11.6 Å². The molecule has 0 spiro atoms. The molecule has 130 valence electrons. The van der Waals surface area contributed by atoms with Crippen LogP contribution in [0.2, 0.25) is 0 Å². The maximum atomic E-state index is 13.9. The number of aliphatic hydroxyl groups is 1. The molecule has 1 N–H and O–H groups in total. The maximum absolute atomic E-state index is 13.9. The number of hydrogen-bond acceptors (Lipinski definition) is 3. The van der Waals surface area contributed by atoms with Crippen molar-refractivity contribution in [3.05, 3.63) is 52.3 Å². The first-order chi connectivity index (χ1) is 11.4. The minimum atomic E-state index is -0.983. The first-order valence-electron chi connectivity index (χ1n) is 8.25. The van der Waals surface area contributed by atoms with Crippen LogP contribution in [-0.2, 0) is 7.05 Å². The summed E-state index contributed by atoms with van der Waals surface area (Å²) in [5.41, 5.74) is 3.45. The summed E-state index contributed by atoms with van der Waals surface area (Å²) in [6, 6.07) is 3.49. The molecule has 0 unspecified atom stereocenters. The van der Waals surface area contributed by atoms with Gasteiger partial charge in [0.15, 0.2) is 0 Å². The average molecular weight is 335 g/mol. The second-order valence-electron chi connectivity index (χ2n) is 6.54. The Kier molecular flexibility index (Phi) is 4.69. The Bertz CT molecular complexity index is 744. The summed E-state index contributed by atoms with van der Waals surface area (Å²) in [6.45, 7) is 5.20. The zero-order valence-electron chi connectivity index (χ0n) is 14.3. The van der Waals surface area contributed by atoms with Gasteiger partial charge in [0.05, 0.1) is 11.8 Å². The molecule has 0 radical (unpaired) electrons. The summed E-state index contributed by atoms with van der Waals surface area (Å²) in [6.07, 6.45) is 1.03. The molecule has 24 heavy (non-hydrogen) atoms. The van der Waals surface area contributed by atoms with E-state index < -0.39 is 17.7 Å². The number of β-amino-alcohol motifs (C(OH)–C–C–N with tert-alkyl or cyclic N) is 1. The highest BCUT2D eigenvalue weighted by Gasteiger charge is 2.32. The van der Waals surface area contributed by atoms with Crippen molar-refractivity contribution in [1.82, 2.24) is 14.7 Å². The van der Waals surface area contributed by atoms with Crippen LogP contribution in [0.25, 0.3) is 0 Å². The molecular formula is C18H23F2N3O. The van der Waals surface area contributed by atoms with Crippen LogP contribution in [0.15, 0.2) is 18.2 Å². The largest absolute Gasteiger partial charge is 0.387 e. The molecule has 1 fully saturated rings. The van der Waals surface area contributed by atoms with E-state index in [2.05, 4.69) is 10.00 Å². The number of halogens is 2. The predicted molar refractivity (Wildman–Crippen MR) is 87.5 cm³/mol. The van der Waals surface area contributed by atoms with E-state index in [1.54, 1.807) is 0 Å². The van der Waals surface area contributed by atoms with Crippen molar-refractivity contribution >= 4 is 0 Å². The molecule has 2 aromatic rings. The highest BCUT2D eigenvalue weighted by atomic mass is 19.1. The molecule has 2 atom stereocenters. The zero-order valence-corrected chi connectivity index (χ0v) is 14.3. The summed E-state index contributed by atoms with van der Waals surface area (Å²) >= 11 is 0. The van der Waals surface area contributed by atoms with E-state index in [9.17, 15) is 13.9 Å². The predicted octanol–water partition coefficient (Wildman–Crippen LogP) is 3.19. The van der Waals surface area contributed by atoms with Gasteiger partial charge < -0.3 is 5.11 Å². The molecule has 1 aliphatic rings. The van der Waals surface area contributed by atoms with Crippen molar-refractivity contribution < 1.29 is 13.9 Å². The highest BCUT2D eigenvalue weighted by molar-refractivity contribution is 5.29. The summed E-state index contributed by atoms with van der Waals surface area (Å²) in [5.74, 6) is -1.34. The van der Waals surface area contributed by atoms with Crippen LogP contribution in [0.5, 0.6) is 0 Å². The van der Waals surface area contributed by atoms with Gasteiger partial charge in [-0.05, 0) is 39.3 Å². The number of rotatable bonds is 4. The first kappa shape index (κ1) is 17.0. The molecular weight excluding hydrogens is 312 g/mol. The van der Waals surface area contributed by atoms with E-state index >= 15 is 0 Å². The standard InChI is InChI=1S/C18H23F2N3O/c1-11-18(12(2)22(3)21-11)16-5-4-8-23(16)10-17(24)14-7-6-13(19)9-15(14)20/h6-7,9,16-17,24H,4-5,8,10H2,1-3H3/t16-,17-/m0/s1. The number of aliphatic hydroxyl groups excluding tert-OH is 1. The van der Waals surface area contributed by atoms with E-state index in [0.717, 1.165) is 36.8 Å². The fourth-order valence-electron chi connectivity index (χ4n) is 3.74. The van der Waals surface area contributed by atoms with Crippen LogP contribution in [0.4, 0.5) is 8.78 Å². The fourth-order valence-corrected chi connectivity index (χ4v) is 3.74. The first-order valence-corrected chi connectivity index (χ1v) is 8.25. The molecule has 6 heteroatoms. The van der Waals surface area contributed by atoms with Crippen LogP contribution in [-0.4, -0.2) is 32.9 Å². The second kappa shape index (κ2) is 6.61. The summed E-state index contributed by atoms with van der Waals surface area (Å²) in [4.78, 5) is 2.17. The number of aryl methyl sites for hydroxylation is 2. The van der Waals surface area contributed by atoms with Crippen molar-refractivity contribution in [2.45, 2.75) is 38.8 Å². The van der Waals surface area contributed by atoms with E-state index in [-0.39, 0.29) is 11.6 Å². The lowest BCUT2D eigenvalue weighted by atomic mass is 10.0. The molecule has 1 aliphatic heterocycles. The van der Waals surface area contributed by atoms with Gasteiger partial charge in [-0.3, -0.25) is 9.58 Å². The molecule has 1 saturated heterocycles. The number of benzene rings is 1. The third kappa shape index (κ3) is 3.08. The Labute approximate surface area is 140 Å². The number of likely N-dealkylation sites (tertiary alicyclic amines) is 1. The third-order valence-electron chi connectivity index (χ3n) is 4.99. The lowest BCUT2D eigenvalue weighted by Crippen LogP contribution is -2.29. The quantitative estimate of drug-likeness (QED) is 0.933. The van der Waals surface area contributed by atoms with Gasteiger partial charge in [-0.25, -0.2) is 8.78 Å². The van der Waals surface area contributed by atoms with Gasteiger partial charge in [-0.1, -0.05) is 6.07 Å². The van der Waals surface area contributed by atoms with Gasteiger partial charge in [0, 0.05) is 42.5 Å². The van der Waals surface area contributed by atoms with Crippen molar-refractivity contribution in [1.29, 1.82) is 0 Å². The summed E-state index contributed by atoms with van der Waals surface area (Å²) < 4.78 is 28.8. The van der Waals surface area contributed by atoms with E-state index in [1.807, 2.05) is 25.6 Å². The normalized spacial score (nSPS) is 19.8. The third-order valence-corrected chi connectivity index (χ3v) is 4.99. The lowest BCUT2D eigenvalue weighted by molar-refractivity contribution is 0.103. The van der Waals surface area contributed by atoms with Crippen LogP contribution < -0.4 is 0 Å². The zero-order chi connectivity index (χ0) is 17.4. The summed E-state index contributed by atoms with van der Waals surface area (Å²) in [7, 11) is 1.92. The Morgan fingerprint density at radius 1 is 1.33 bits per heavy atom. The van der Waals surface area contributed by atoms with Gasteiger partial charge >= 0.3 is 0 Å². The molecule has 0 bridgehead atoms. The van der Waals surface area contributed by atoms with Crippen molar-refractivity contribution in [3.63, 3.8) is 0 Å². The van der Waals surface area contributed by atoms with Crippen molar-refractivity contribution in [3.8, 4) is 0 Å².